The van der Waals surface area contributed by atoms with E-state index in [2.05, 4.69) is 10.3 Å². The first-order chi connectivity index (χ1) is 9.20. The number of carbonyl (C=O) groups is 1. The highest BCUT2D eigenvalue weighted by Crippen LogP contribution is 2.29. The molecule has 2 aromatic heterocycles. The van der Waals surface area contributed by atoms with E-state index in [1.165, 1.54) is 34.7 Å². The van der Waals surface area contributed by atoms with E-state index in [9.17, 15) is 4.79 Å². The number of halogens is 1. The molecule has 0 bridgehead atoms. The Kier molecular flexibility index (Phi) is 3.86. The maximum Gasteiger partial charge on any atom is 0.231 e. The van der Waals surface area contributed by atoms with Gasteiger partial charge in [-0.25, -0.2) is 4.98 Å². The van der Waals surface area contributed by atoms with Crippen molar-refractivity contribution in [1.82, 2.24) is 4.98 Å². The number of nitrogens with zero attached hydrogens (tertiary/aromatic N) is 1. The van der Waals surface area contributed by atoms with Gasteiger partial charge in [0.1, 0.15) is 0 Å². The predicted octanol–water partition coefficient (Wildman–Crippen LogP) is 3.92. The Labute approximate surface area is 124 Å². The molecule has 1 aliphatic carbocycles. The van der Waals surface area contributed by atoms with Gasteiger partial charge in [0.05, 0.1) is 16.5 Å². The molecule has 0 fully saturated rings. The SMILES string of the molecule is O=C(Cc1ccc(Cl)s1)Nc1nc2c(s1)CCCC2. The number of rotatable bonds is 3. The molecule has 6 heteroatoms. The number of thiazole rings is 1. The molecule has 0 spiro atoms. The Morgan fingerprint density at radius 3 is 2.89 bits per heavy atom. The van der Waals surface area contributed by atoms with E-state index in [4.69, 9.17) is 11.6 Å². The van der Waals surface area contributed by atoms with E-state index in [0.29, 0.717) is 10.8 Å². The highest BCUT2D eigenvalue weighted by atomic mass is 35.5. The number of nitrogens with one attached hydrogen (secondary N) is 1. The minimum atomic E-state index is -0.0235. The molecule has 0 aromatic carbocycles. The number of amides is 1. The van der Waals surface area contributed by atoms with Crippen LogP contribution < -0.4 is 5.32 Å². The Bertz CT molecular complexity index is 582. The van der Waals surface area contributed by atoms with Gasteiger partial charge in [0.25, 0.3) is 0 Å². The highest BCUT2D eigenvalue weighted by molar-refractivity contribution is 7.16. The topological polar surface area (TPSA) is 42.0 Å². The van der Waals surface area contributed by atoms with Gasteiger partial charge >= 0.3 is 0 Å². The van der Waals surface area contributed by atoms with Crippen LogP contribution in [0.2, 0.25) is 4.34 Å². The molecule has 0 aliphatic heterocycles. The van der Waals surface area contributed by atoms with E-state index < -0.39 is 0 Å². The van der Waals surface area contributed by atoms with Gasteiger partial charge in [-0.1, -0.05) is 11.6 Å². The summed E-state index contributed by atoms with van der Waals surface area (Å²) in [4.78, 5) is 18.7. The maximum absolute atomic E-state index is 11.9. The van der Waals surface area contributed by atoms with Gasteiger partial charge < -0.3 is 5.32 Å². The van der Waals surface area contributed by atoms with Crippen molar-refractivity contribution >= 4 is 45.3 Å². The van der Waals surface area contributed by atoms with Crippen LogP contribution in [0, 0.1) is 0 Å². The quantitative estimate of drug-likeness (QED) is 0.933. The molecule has 0 saturated heterocycles. The molecule has 1 amide bonds. The Balaban J connectivity index is 1.64. The first-order valence-corrected chi connectivity index (χ1v) is 8.24. The number of aryl methyl sites for hydroxylation is 2. The fourth-order valence-electron chi connectivity index (χ4n) is 2.17. The number of hydrogen-bond acceptors (Lipinski definition) is 4. The summed E-state index contributed by atoms with van der Waals surface area (Å²) >= 11 is 8.90. The summed E-state index contributed by atoms with van der Waals surface area (Å²) in [6.45, 7) is 0. The molecule has 2 heterocycles. The average molecular weight is 313 g/mol. The molecule has 100 valence electrons. The molecule has 0 atom stereocenters. The van der Waals surface area contributed by atoms with Crippen LogP contribution in [0.1, 0.15) is 28.3 Å². The van der Waals surface area contributed by atoms with Crippen molar-refractivity contribution in [2.75, 3.05) is 5.32 Å². The first-order valence-electron chi connectivity index (χ1n) is 6.23. The van der Waals surface area contributed by atoms with Gasteiger partial charge in [-0.2, -0.15) is 0 Å². The lowest BCUT2D eigenvalue weighted by Gasteiger charge is -2.06. The van der Waals surface area contributed by atoms with Crippen molar-refractivity contribution in [3.8, 4) is 0 Å². The molecule has 3 nitrogen and oxygen atoms in total. The van der Waals surface area contributed by atoms with Crippen LogP contribution in [0.5, 0.6) is 0 Å². The molecular formula is C13H13ClN2OS2. The van der Waals surface area contributed by atoms with Crippen molar-refractivity contribution in [2.45, 2.75) is 32.1 Å². The lowest BCUT2D eigenvalue weighted by atomic mass is 10.0. The Morgan fingerprint density at radius 2 is 2.16 bits per heavy atom. The Morgan fingerprint density at radius 1 is 1.32 bits per heavy atom. The summed E-state index contributed by atoms with van der Waals surface area (Å²) in [6.07, 6.45) is 4.95. The minimum absolute atomic E-state index is 0.0235. The third kappa shape index (κ3) is 3.16. The van der Waals surface area contributed by atoms with Crippen LogP contribution in [0.3, 0.4) is 0 Å². The van der Waals surface area contributed by atoms with Gasteiger partial charge in [-0.15, -0.1) is 22.7 Å². The van der Waals surface area contributed by atoms with Crippen molar-refractivity contribution < 1.29 is 4.79 Å². The fraction of sp³-hybridized carbons (Fsp3) is 0.385. The van der Waals surface area contributed by atoms with Crippen LogP contribution in [-0.4, -0.2) is 10.9 Å². The average Bonchev–Trinajstić information content (AvgIpc) is 2.94. The number of fused-ring (bicyclic) bond motifs is 1. The summed E-state index contributed by atoms with van der Waals surface area (Å²) in [5, 5.41) is 3.62. The number of thiophene rings is 1. The zero-order valence-electron chi connectivity index (χ0n) is 10.2. The molecular weight excluding hydrogens is 300 g/mol. The van der Waals surface area contributed by atoms with E-state index in [1.54, 1.807) is 11.3 Å². The molecule has 1 aliphatic rings. The lowest BCUT2D eigenvalue weighted by molar-refractivity contribution is -0.115. The molecule has 0 radical (unpaired) electrons. The van der Waals surface area contributed by atoms with Gasteiger partial charge in [0.2, 0.25) is 5.91 Å². The summed E-state index contributed by atoms with van der Waals surface area (Å²) in [6, 6.07) is 3.70. The van der Waals surface area contributed by atoms with Crippen molar-refractivity contribution in [3.05, 3.63) is 31.9 Å². The second-order valence-corrected chi connectivity index (χ2v) is 7.41. The standard InChI is InChI=1S/C13H13ClN2OS2/c14-11-6-5-8(18-11)7-12(17)16-13-15-9-3-1-2-4-10(9)19-13/h5-6H,1-4,7H2,(H,15,16,17). The number of aromatic nitrogens is 1. The molecule has 0 saturated carbocycles. The first kappa shape index (κ1) is 13.1. The van der Waals surface area contributed by atoms with Crippen LogP contribution in [-0.2, 0) is 24.1 Å². The molecule has 19 heavy (non-hydrogen) atoms. The van der Waals surface area contributed by atoms with Gasteiger partial charge in [-0.3, -0.25) is 4.79 Å². The Hall–Kier alpha value is -0.910. The second kappa shape index (κ2) is 5.61. The smallest absolute Gasteiger partial charge is 0.231 e. The van der Waals surface area contributed by atoms with Gasteiger partial charge in [0.15, 0.2) is 5.13 Å². The fourth-order valence-corrected chi connectivity index (χ4v) is 4.33. The van der Waals surface area contributed by atoms with Crippen molar-refractivity contribution in [2.24, 2.45) is 0 Å². The monoisotopic (exact) mass is 312 g/mol. The molecule has 1 N–H and O–H groups in total. The summed E-state index contributed by atoms with van der Waals surface area (Å²) in [5.41, 5.74) is 1.17. The summed E-state index contributed by atoms with van der Waals surface area (Å²) < 4.78 is 0.715. The maximum atomic E-state index is 11.9. The zero-order valence-corrected chi connectivity index (χ0v) is 12.6. The summed E-state index contributed by atoms with van der Waals surface area (Å²) in [5.74, 6) is -0.0235. The van der Waals surface area contributed by atoms with Crippen LogP contribution in [0.15, 0.2) is 12.1 Å². The van der Waals surface area contributed by atoms with E-state index in [0.717, 1.165) is 22.9 Å². The predicted molar refractivity (Wildman–Crippen MR) is 80.4 cm³/mol. The molecule has 3 rings (SSSR count). The van der Waals surface area contributed by atoms with Crippen LogP contribution in [0.4, 0.5) is 5.13 Å². The number of anilines is 1. The highest BCUT2D eigenvalue weighted by Gasteiger charge is 2.16. The third-order valence-corrected chi connectivity index (χ3v) is 5.36. The third-order valence-electron chi connectivity index (χ3n) is 3.06. The second-order valence-electron chi connectivity index (χ2n) is 4.53. The van der Waals surface area contributed by atoms with E-state index in [1.807, 2.05) is 12.1 Å². The van der Waals surface area contributed by atoms with E-state index >= 15 is 0 Å². The van der Waals surface area contributed by atoms with Gasteiger partial charge in [0, 0.05) is 9.75 Å². The normalized spacial score (nSPS) is 14.2. The molecule has 0 unspecified atom stereocenters. The largest absolute Gasteiger partial charge is 0.302 e. The van der Waals surface area contributed by atoms with E-state index in [-0.39, 0.29) is 5.91 Å². The van der Waals surface area contributed by atoms with Crippen LogP contribution >= 0.6 is 34.3 Å². The zero-order chi connectivity index (χ0) is 13.2. The number of hydrogen-bond donors (Lipinski definition) is 1. The molecule has 2 aromatic rings. The lowest BCUT2D eigenvalue weighted by Crippen LogP contribution is -2.13. The van der Waals surface area contributed by atoms with Crippen molar-refractivity contribution in [1.29, 1.82) is 0 Å². The van der Waals surface area contributed by atoms with Gasteiger partial charge in [-0.05, 0) is 37.8 Å². The summed E-state index contributed by atoms with van der Waals surface area (Å²) in [7, 11) is 0. The van der Waals surface area contributed by atoms with Crippen molar-refractivity contribution in [3.63, 3.8) is 0 Å². The van der Waals surface area contributed by atoms with Crippen LogP contribution in [0.25, 0.3) is 0 Å². The minimum Gasteiger partial charge on any atom is -0.302 e. The number of carbonyl (C=O) groups excluding carboxylic acids is 1.